The van der Waals surface area contributed by atoms with Gasteiger partial charge in [-0.05, 0) is 50.5 Å². The van der Waals surface area contributed by atoms with E-state index in [0.29, 0.717) is 25.9 Å². The van der Waals surface area contributed by atoms with E-state index in [2.05, 4.69) is 27.8 Å². The number of unbranched alkanes of at least 4 members (excludes halogenated alkanes) is 5. The lowest BCUT2D eigenvalue weighted by Gasteiger charge is -2.26. The summed E-state index contributed by atoms with van der Waals surface area (Å²) in [6.45, 7) is 3.76. The number of carbonyl (C=O) groups is 2. The maximum Gasteiger partial charge on any atom is 0.264 e. The number of hydrogen-bond acceptors (Lipinski definition) is 4. The molecule has 0 spiro atoms. The van der Waals surface area contributed by atoms with E-state index in [1.54, 1.807) is 0 Å². The van der Waals surface area contributed by atoms with Crippen LogP contribution in [0.4, 0.5) is 4.39 Å². The molecule has 6 nitrogen and oxygen atoms in total. The Kier molecular flexibility index (Phi) is 10.3. The van der Waals surface area contributed by atoms with Crippen LogP contribution in [0, 0.1) is 0 Å². The second kappa shape index (κ2) is 12.7. The Morgan fingerprint density at radius 2 is 1.76 bits per heavy atom. The number of hydrogen-bond donors (Lipinski definition) is 2. The van der Waals surface area contributed by atoms with Crippen molar-refractivity contribution in [3.8, 4) is 0 Å². The van der Waals surface area contributed by atoms with Crippen LogP contribution >= 0.6 is 0 Å². The summed E-state index contributed by atoms with van der Waals surface area (Å²) in [6.07, 6.45) is 11.0. The summed E-state index contributed by atoms with van der Waals surface area (Å²) in [5.74, 6) is -0.494. The predicted molar refractivity (Wildman–Crippen MR) is 112 cm³/mol. The first kappa shape index (κ1) is 23.5. The highest BCUT2D eigenvalue weighted by atomic mass is 19.1. The zero-order chi connectivity index (χ0) is 21.0. The quantitative estimate of drug-likeness (QED) is 0.457. The minimum Gasteiger partial charge on any atom is -0.356 e. The van der Waals surface area contributed by atoms with Gasteiger partial charge in [-0.25, -0.2) is 4.39 Å². The summed E-state index contributed by atoms with van der Waals surface area (Å²) >= 11 is 0. The standard InChI is InChI=1S/C22H37FN4O2/c1-2-3-4-10-15-24-19(28)13-8-6-11-16-25-21(29)22(23)14-9-5-7-12-18-17-26-27-20(18)22/h2-17H2,1H3,(H,24,28)(H,25,29). The van der Waals surface area contributed by atoms with Crippen LogP contribution in [0.3, 0.4) is 0 Å². The topological polar surface area (TPSA) is 82.9 Å². The molecule has 0 radical (unpaired) electrons. The number of azo groups is 1. The SMILES string of the molecule is CCCCCCNC(=O)CCCCCNC(=O)C1(F)CCCCCC2=C1N=NC2. The lowest BCUT2D eigenvalue weighted by Crippen LogP contribution is -2.45. The van der Waals surface area contributed by atoms with Crippen molar-refractivity contribution >= 4 is 11.8 Å². The molecule has 0 aromatic carbocycles. The summed E-state index contributed by atoms with van der Waals surface area (Å²) in [5, 5.41) is 13.6. The van der Waals surface area contributed by atoms with E-state index in [1.165, 1.54) is 12.8 Å². The van der Waals surface area contributed by atoms with Crippen LogP contribution in [0.5, 0.6) is 0 Å². The molecule has 0 fully saturated rings. The van der Waals surface area contributed by atoms with Crippen LogP contribution in [0.15, 0.2) is 21.5 Å². The first-order chi connectivity index (χ1) is 14.1. The summed E-state index contributed by atoms with van der Waals surface area (Å²) < 4.78 is 15.6. The molecule has 2 amide bonds. The highest BCUT2D eigenvalue weighted by Crippen LogP contribution is 2.38. The zero-order valence-corrected chi connectivity index (χ0v) is 17.9. The average molecular weight is 409 g/mol. The van der Waals surface area contributed by atoms with Crippen LogP contribution in [0.1, 0.15) is 90.4 Å². The maximum atomic E-state index is 15.6. The van der Waals surface area contributed by atoms with E-state index in [9.17, 15) is 9.59 Å². The summed E-state index contributed by atoms with van der Waals surface area (Å²) in [5.41, 5.74) is -0.915. The van der Waals surface area contributed by atoms with Crippen LogP contribution < -0.4 is 10.6 Å². The van der Waals surface area contributed by atoms with Crippen LogP contribution in [-0.4, -0.2) is 37.1 Å². The van der Waals surface area contributed by atoms with Crippen molar-refractivity contribution in [3.63, 3.8) is 0 Å². The fourth-order valence-corrected chi connectivity index (χ4v) is 3.91. The predicted octanol–water partition coefficient (Wildman–Crippen LogP) is 4.75. The summed E-state index contributed by atoms with van der Waals surface area (Å²) in [4.78, 5) is 24.4. The molecule has 164 valence electrons. The highest BCUT2D eigenvalue weighted by molar-refractivity contribution is 5.88. The largest absolute Gasteiger partial charge is 0.356 e. The Balaban J connectivity index is 1.63. The number of nitrogens with one attached hydrogen (secondary N) is 2. The van der Waals surface area contributed by atoms with Gasteiger partial charge in [0.2, 0.25) is 11.6 Å². The molecular weight excluding hydrogens is 371 g/mol. The summed E-state index contributed by atoms with van der Waals surface area (Å²) in [6, 6.07) is 0. The van der Waals surface area contributed by atoms with Gasteiger partial charge in [-0.1, -0.05) is 39.0 Å². The van der Waals surface area contributed by atoms with Crippen molar-refractivity contribution in [2.24, 2.45) is 10.2 Å². The van der Waals surface area contributed by atoms with Gasteiger partial charge < -0.3 is 10.6 Å². The van der Waals surface area contributed by atoms with E-state index in [4.69, 9.17) is 0 Å². The normalized spacial score (nSPS) is 21.4. The molecule has 0 saturated carbocycles. The first-order valence-electron chi connectivity index (χ1n) is 11.4. The van der Waals surface area contributed by atoms with Crippen molar-refractivity contribution in [1.29, 1.82) is 0 Å². The molecular formula is C22H37FN4O2. The maximum absolute atomic E-state index is 15.6. The molecule has 29 heavy (non-hydrogen) atoms. The molecule has 2 rings (SSSR count). The Labute approximate surface area is 174 Å². The molecule has 1 aliphatic heterocycles. The molecule has 0 aromatic heterocycles. The van der Waals surface area contributed by atoms with Crippen molar-refractivity contribution in [3.05, 3.63) is 11.3 Å². The molecule has 0 aromatic rings. The molecule has 1 heterocycles. The zero-order valence-electron chi connectivity index (χ0n) is 17.9. The molecule has 2 N–H and O–H groups in total. The Morgan fingerprint density at radius 3 is 2.55 bits per heavy atom. The first-order valence-corrected chi connectivity index (χ1v) is 11.4. The molecule has 1 aliphatic carbocycles. The van der Waals surface area contributed by atoms with Crippen LogP contribution in [0.2, 0.25) is 0 Å². The minimum atomic E-state index is -2.05. The van der Waals surface area contributed by atoms with Crippen LogP contribution in [-0.2, 0) is 9.59 Å². The molecule has 0 bridgehead atoms. The minimum absolute atomic E-state index is 0.0915. The fourth-order valence-electron chi connectivity index (χ4n) is 3.91. The Bertz CT molecular complexity index is 606. The number of rotatable bonds is 12. The van der Waals surface area contributed by atoms with Gasteiger partial charge in [0, 0.05) is 19.5 Å². The smallest absolute Gasteiger partial charge is 0.264 e. The van der Waals surface area contributed by atoms with Gasteiger partial charge in [0.15, 0.2) is 0 Å². The Morgan fingerprint density at radius 1 is 1.00 bits per heavy atom. The number of alkyl halides is 1. The lowest BCUT2D eigenvalue weighted by atomic mass is 9.86. The molecule has 1 atom stereocenters. The van der Waals surface area contributed by atoms with Gasteiger partial charge in [0.05, 0.1) is 6.54 Å². The molecule has 2 aliphatic rings. The number of halogens is 1. The van der Waals surface area contributed by atoms with Crippen molar-refractivity contribution in [1.82, 2.24) is 10.6 Å². The van der Waals surface area contributed by atoms with Gasteiger partial charge in [-0.3, -0.25) is 9.59 Å². The fraction of sp³-hybridized carbons (Fsp3) is 0.818. The van der Waals surface area contributed by atoms with E-state index in [-0.39, 0.29) is 18.0 Å². The number of nitrogens with zero attached hydrogens (tertiary/aromatic N) is 2. The van der Waals surface area contributed by atoms with Gasteiger partial charge in [0.25, 0.3) is 5.91 Å². The average Bonchev–Trinajstić information content (AvgIpc) is 3.17. The monoisotopic (exact) mass is 408 g/mol. The van der Waals surface area contributed by atoms with Gasteiger partial charge in [-0.15, -0.1) is 0 Å². The van der Waals surface area contributed by atoms with Gasteiger partial charge in [0.1, 0.15) is 5.70 Å². The second-order valence-corrected chi connectivity index (χ2v) is 8.19. The van der Waals surface area contributed by atoms with Crippen molar-refractivity contribution in [2.45, 2.75) is 96.1 Å². The molecule has 7 heteroatoms. The van der Waals surface area contributed by atoms with E-state index in [1.807, 2.05) is 0 Å². The van der Waals surface area contributed by atoms with Crippen LogP contribution in [0.25, 0.3) is 0 Å². The van der Waals surface area contributed by atoms with E-state index >= 15 is 4.39 Å². The third-order valence-electron chi connectivity index (χ3n) is 5.72. The van der Waals surface area contributed by atoms with E-state index in [0.717, 1.165) is 63.5 Å². The number of amides is 2. The van der Waals surface area contributed by atoms with E-state index < -0.39 is 11.6 Å². The Hall–Kier alpha value is -1.79. The van der Waals surface area contributed by atoms with Crippen molar-refractivity contribution < 1.29 is 14.0 Å². The third kappa shape index (κ3) is 7.52. The number of carbonyl (C=O) groups excluding carboxylic acids is 2. The molecule has 1 unspecified atom stereocenters. The van der Waals surface area contributed by atoms with Gasteiger partial charge >= 0.3 is 0 Å². The van der Waals surface area contributed by atoms with Crippen molar-refractivity contribution in [2.75, 3.05) is 19.6 Å². The third-order valence-corrected chi connectivity index (χ3v) is 5.72. The van der Waals surface area contributed by atoms with Gasteiger partial charge in [-0.2, -0.15) is 10.2 Å². The second-order valence-electron chi connectivity index (χ2n) is 8.19. The lowest BCUT2D eigenvalue weighted by molar-refractivity contribution is -0.131. The summed E-state index contributed by atoms with van der Waals surface area (Å²) in [7, 11) is 0. The molecule has 0 saturated heterocycles. The highest BCUT2D eigenvalue weighted by Gasteiger charge is 2.45.